The fourth-order valence-corrected chi connectivity index (χ4v) is 1.86. The van der Waals surface area contributed by atoms with Crippen LogP contribution >= 0.6 is 0 Å². The van der Waals surface area contributed by atoms with Crippen molar-refractivity contribution in [3.63, 3.8) is 0 Å². The molecular weight excluding hydrogens is 221 g/mol. The van der Waals surface area contributed by atoms with Gasteiger partial charge in [-0.1, -0.05) is 6.07 Å². The molecule has 2 rings (SSSR count). The lowest BCUT2D eigenvalue weighted by molar-refractivity contribution is -0.121. The smallest absolute Gasteiger partial charge is 0.221 e. The van der Waals surface area contributed by atoms with Gasteiger partial charge < -0.3 is 10.6 Å². The van der Waals surface area contributed by atoms with Crippen LogP contribution in [0.2, 0.25) is 0 Å². The third-order valence-electron chi connectivity index (χ3n) is 2.74. The van der Waals surface area contributed by atoms with Crippen LogP contribution in [0.3, 0.4) is 0 Å². The minimum atomic E-state index is -0.533. The van der Waals surface area contributed by atoms with Crippen molar-refractivity contribution >= 4 is 5.91 Å². The second-order valence-electron chi connectivity index (χ2n) is 3.91. The van der Waals surface area contributed by atoms with E-state index in [1.54, 1.807) is 12.1 Å². The van der Waals surface area contributed by atoms with Crippen molar-refractivity contribution in [1.29, 1.82) is 5.26 Å². The van der Waals surface area contributed by atoms with E-state index >= 15 is 0 Å². The van der Waals surface area contributed by atoms with Crippen molar-refractivity contribution < 1.29 is 9.18 Å². The van der Waals surface area contributed by atoms with Crippen molar-refractivity contribution in [3.8, 4) is 6.07 Å². The Morgan fingerprint density at radius 1 is 1.41 bits per heavy atom. The third-order valence-corrected chi connectivity index (χ3v) is 2.74. The van der Waals surface area contributed by atoms with E-state index < -0.39 is 5.82 Å². The summed E-state index contributed by atoms with van der Waals surface area (Å²) in [5.41, 5.74) is 0.772. The first kappa shape index (κ1) is 11.6. The lowest BCUT2D eigenvalue weighted by Gasteiger charge is -2.15. The Bertz CT molecular complexity index is 481. The van der Waals surface area contributed by atoms with E-state index in [0.29, 0.717) is 19.5 Å². The van der Waals surface area contributed by atoms with E-state index in [1.165, 1.54) is 12.1 Å². The van der Waals surface area contributed by atoms with Crippen LogP contribution in [-0.4, -0.2) is 19.0 Å². The summed E-state index contributed by atoms with van der Waals surface area (Å²) in [6.45, 7) is 1.25. The monoisotopic (exact) mass is 233 g/mol. The van der Waals surface area contributed by atoms with E-state index in [4.69, 9.17) is 5.26 Å². The van der Waals surface area contributed by atoms with Crippen LogP contribution in [0.15, 0.2) is 18.2 Å². The molecule has 0 spiro atoms. The number of carbonyl (C=O) groups is 1. The Morgan fingerprint density at radius 3 is 3.00 bits per heavy atom. The van der Waals surface area contributed by atoms with Crippen LogP contribution in [-0.2, 0) is 4.79 Å². The molecule has 1 aliphatic rings. The molecule has 0 radical (unpaired) electrons. The Labute approximate surface area is 98.4 Å². The molecule has 1 heterocycles. The fourth-order valence-electron chi connectivity index (χ4n) is 1.86. The number of nitrogens with zero attached hydrogens (tertiary/aromatic N) is 1. The first-order valence-electron chi connectivity index (χ1n) is 5.40. The normalized spacial score (nSPS) is 20.2. The summed E-state index contributed by atoms with van der Waals surface area (Å²) < 4.78 is 13.2. The van der Waals surface area contributed by atoms with Crippen LogP contribution in [0, 0.1) is 17.1 Å². The van der Waals surface area contributed by atoms with E-state index in [-0.39, 0.29) is 17.5 Å². The van der Waals surface area contributed by atoms with Crippen molar-refractivity contribution in [2.24, 2.45) is 0 Å². The van der Waals surface area contributed by atoms with E-state index in [1.807, 2.05) is 0 Å². The van der Waals surface area contributed by atoms with Gasteiger partial charge in [0, 0.05) is 25.6 Å². The van der Waals surface area contributed by atoms with Crippen molar-refractivity contribution in [3.05, 3.63) is 35.1 Å². The molecule has 1 aromatic rings. The van der Waals surface area contributed by atoms with Crippen LogP contribution < -0.4 is 10.6 Å². The predicted octanol–water partition coefficient (Wildman–Crippen LogP) is 0.848. The second kappa shape index (κ2) is 4.93. The zero-order valence-electron chi connectivity index (χ0n) is 9.16. The highest BCUT2D eigenvalue weighted by Crippen LogP contribution is 2.20. The zero-order valence-corrected chi connectivity index (χ0v) is 9.16. The molecule has 0 bridgehead atoms. The molecule has 2 N–H and O–H groups in total. The first-order chi connectivity index (χ1) is 8.20. The fraction of sp³-hybridized carbons (Fsp3) is 0.333. The molecule has 1 aliphatic heterocycles. The van der Waals surface area contributed by atoms with Crippen LogP contribution in [0.1, 0.15) is 23.6 Å². The quantitative estimate of drug-likeness (QED) is 0.755. The standard InChI is InChI=1S/C12H12FN3O/c13-10-2-1-8(5-9(10)7-14)11-6-12(17)16-4-3-15-11/h1-2,5,11,15H,3-4,6H2,(H,16,17). The third kappa shape index (κ3) is 2.60. The van der Waals surface area contributed by atoms with Gasteiger partial charge in [-0.15, -0.1) is 0 Å². The van der Waals surface area contributed by atoms with E-state index in [9.17, 15) is 9.18 Å². The molecule has 1 atom stereocenters. The van der Waals surface area contributed by atoms with Gasteiger partial charge in [0.1, 0.15) is 11.9 Å². The van der Waals surface area contributed by atoms with Gasteiger partial charge in [-0.25, -0.2) is 4.39 Å². The number of benzene rings is 1. The molecule has 1 fully saturated rings. The van der Waals surface area contributed by atoms with E-state index in [0.717, 1.165) is 5.56 Å². The van der Waals surface area contributed by atoms with Crippen molar-refractivity contribution in [1.82, 2.24) is 10.6 Å². The van der Waals surface area contributed by atoms with Gasteiger partial charge in [-0.05, 0) is 17.7 Å². The first-order valence-corrected chi connectivity index (χ1v) is 5.40. The summed E-state index contributed by atoms with van der Waals surface area (Å²) >= 11 is 0. The summed E-state index contributed by atoms with van der Waals surface area (Å²) in [6, 6.07) is 5.99. The maximum absolute atomic E-state index is 13.2. The lowest BCUT2D eigenvalue weighted by Crippen LogP contribution is -2.24. The number of nitriles is 1. The molecule has 88 valence electrons. The molecule has 4 nitrogen and oxygen atoms in total. The highest BCUT2D eigenvalue weighted by molar-refractivity contribution is 5.77. The average Bonchev–Trinajstić information content (AvgIpc) is 2.54. The topological polar surface area (TPSA) is 64.9 Å². The van der Waals surface area contributed by atoms with Gasteiger partial charge in [-0.3, -0.25) is 4.79 Å². The highest BCUT2D eigenvalue weighted by atomic mass is 19.1. The number of hydrogen-bond acceptors (Lipinski definition) is 3. The van der Waals surface area contributed by atoms with Crippen molar-refractivity contribution in [2.75, 3.05) is 13.1 Å². The van der Waals surface area contributed by atoms with Crippen LogP contribution in [0.4, 0.5) is 4.39 Å². The summed E-state index contributed by atoms with van der Waals surface area (Å²) in [7, 11) is 0. The van der Waals surface area contributed by atoms with E-state index in [2.05, 4.69) is 10.6 Å². The predicted molar refractivity (Wildman–Crippen MR) is 59.5 cm³/mol. The Kier molecular flexibility index (Phi) is 3.35. The number of carbonyl (C=O) groups excluding carboxylic acids is 1. The molecule has 1 aromatic carbocycles. The number of hydrogen-bond donors (Lipinski definition) is 2. The Morgan fingerprint density at radius 2 is 2.24 bits per heavy atom. The molecule has 0 aromatic heterocycles. The number of amides is 1. The summed E-state index contributed by atoms with van der Waals surface area (Å²) in [5.74, 6) is -0.572. The zero-order chi connectivity index (χ0) is 12.3. The molecular formula is C12H12FN3O. The maximum atomic E-state index is 13.2. The maximum Gasteiger partial charge on any atom is 0.221 e. The Balaban J connectivity index is 2.27. The SMILES string of the molecule is N#Cc1cc(C2CC(=O)NCCN2)ccc1F. The summed E-state index contributed by atoms with van der Waals surface area (Å²) in [4.78, 5) is 11.4. The van der Waals surface area contributed by atoms with Crippen molar-refractivity contribution in [2.45, 2.75) is 12.5 Å². The molecule has 0 saturated carbocycles. The Hall–Kier alpha value is -1.93. The van der Waals surface area contributed by atoms with Crippen LogP contribution in [0.25, 0.3) is 0 Å². The van der Waals surface area contributed by atoms with Gasteiger partial charge in [0.25, 0.3) is 0 Å². The largest absolute Gasteiger partial charge is 0.355 e. The number of rotatable bonds is 1. The number of halogens is 1. The van der Waals surface area contributed by atoms with Gasteiger partial charge in [0.15, 0.2) is 0 Å². The van der Waals surface area contributed by atoms with Gasteiger partial charge in [0.2, 0.25) is 5.91 Å². The molecule has 0 aliphatic carbocycles. The van der Waals surface area contributed by atoms with Gasteiger partial charge >= 0.3 is 0 Å². The summed E-state index contributed by atoms with van der Waals surface area (Å²) in [5, 5.41) is 14.7. The molecule has 17 heavy (non-hydrogen) atoms. The minimum Gasteiger partial charge on any atom is -0.355 e. The van der Waals surface area contributed by atoms with Gasteiger partial charge in [0.05, 0.1) is 5.56 Å². The average molecular weight is 233 g/mol. The molecule has 1 unspecified atom stereocenters. The van der Waals surface area contributed by atoms with Crippen LogP contribution in [0.5, 0.6) is 0 Å². The lowest BCUT2D eigenvalue weighted by atomic mass is 10.0. The molecule has 5 heteroatoms. The molecule has 1 saturated heterocycles. The summed E-state index contributed by atoms with van der Waals surface area (Å²) in [6.07, 6.45) is 0.302. The second-order valence-corrected chi connectivity index (χ2v) is 3.91. The van der Waals surface area contributed by atoms with Gasteiger partial charge in [-0.2, -0.15) is 5.26 Å². The number of nitrogens with one attached hydrogen (secondary N) is 2. The molecule has 1 amide bonds. The highest BCUT2D eigenvalue weighted by Gasteiger charge is 2.19. The minimum absolute atomic E-state index is 0.00829.